The molecule has 0 saturated heterocycles. The number of nitrogens with zero attached hydrogens (tertiary/aromatic N) is 3. The molecule has 2 aromatic heterocycles. The lowest BCUT2D eigenvalue weighted by Gasteiger charge is -2.26. The molecule has 0 radical (unpaired) electrons. The smallest absolute Gasteiger partial charge is 0.254 e. The second kappa shape index (κ2) is 8.70. The number of amides is 1. The van der Waals surface area contributed by atoms with Crippen molar-refractivity contribution in [1.82, 2.24) is 15.3 Å². The minimum Gasteiger partial charge on any atom is -0.493 e. The third-order valence-corrected chi connectivity index (χ3v) is 5.98. The molecule has 1 atom stereocenters. The molecule has 0 spiro atoms. The number of para-hydroxylation sites is 1. The summed E-state index contributed by atoms with van der Waals surface area (Å²) in [6.07, 6.45) is 3.62. The normalized spacial score (nSPS) is 14.8. The van der Waals surface area contributed by atoms with Crippen LogP contribution in [0.5, 0.6) is 5.75 Å². The van der Waals surface area contributed by atoms with Crippen molar-refractivity contribution in [3.8, 4) is 23.1 Å². The second-order valence-corrected chi connectivity index (χ2v) is 8.45. The lowest BCUT2D eigenvalue weighted by molar-refractivity contribution is 0.0924. The highest BCUT2D eigenvalue weighted by molar-refractivity contribution is 6.35. The van der Waals surface area contributed by atoms with Crippen molar-refractivity contribution in [3.05, 3.63) is 87.7 Å². The summed E-state index contributed by atoms with van der Waals surface area (Å²) >= 11 is 12.3. The highest BCUT2D eigenvalue weighted by Gasteiger charge is 2.25. The highest BCUT2D eigenvalue weighted by atomic mass is 35.5. The molecule has 6 nitrogen and oxygen atoms in total. The average Bonchev–Trinajstić information content (AvgIpc) is 2.82. The molecule has 1 N–H and O–H groups in total. The fourth-order valence-corrected chi connectivity index (χ4v) is 4.57. The summed E-state index contributed by atoms with van der Waals surface area (Å²) in [6, 6.07) is 16.3. The number of halogens is 2. The molecule has 4 aromatic rings. The number of ether oxygens (including phenoxy) is 1. The Kier molecular flexibility index (Phi) is 5.59. The fourth-order valence-electron chi connectivity index (χ4n) is 4.05. The number of benzene rings is 2. The van der Waals surface area contributed by atoms with E-state index in [0.717, 1.165) is 11.3 Å². The van der Waals surface area contributed by atoms with Gasteiger partial charge in [-0.2, -0.15) is 5.26 Å². The minimum atomic E-state index is -0.369. The molecule has 0 fully saturated rings. The second-order valence-electron chi connectivity index (χ2n) is 7.57. The Morgan fingerprint density at radius 2 is 1.91 bits per heavy atom. The summed E-state index contributed by atoms with van der Waals surface area (Å²) in [7, 11) is 0. The zero-order chi connectivity index (χ0) is 22.9. The summed E-state index contributed by atoms with van der Waals surface area (Å²) in [4.78, 5) is 22.1. The van der Waals surface area contributed by atoms with E-state index in [2.05, 4.69) is 21.4 Å². The van der Waals surface area contributed by atoms with E-state index in [1.165, 1.54) is 6.20 Å². The van der Waals surface area contributed by atoms with Crippen LogP contribution in [0.1, 0.15) is 33.9 Å². The van der Waals surface area contributed by atoms with E-state index in [9.17, 15) is 10.1 Å². The highest BCUT2D eigenvalue weighted by Crippen LogP contribution is 2.34. The van der Waals surface area contributed by atoms with Gasteiger partial charge in [0.1, 0.15) is 11.8 Å². The van der Waals surface area contributed by atoms with Crippen LogP contribution in [-0.2, 0) is 0 Å². The maximum Gasteiger partial charge on any atom is 0.254 e. The molecular formula is C25H16Cl2N4O2. The SMILES string of the molecule is N#Cc1c(C(=O)N[C@H]2CCOc3ccccc32)cnc2c(-c3cc(Cl)cc(Cl)c3)nccc12. The summed E-state index contributed by atoms with van der Waals surface area (Å²) in [5.74, 6) is 0.383. The van der Waals surface area contributed by atoms with E-state index < -0.39 is 0 Å². The third kappa shape index (κ3) is 3.97. The number of fused-ring (bicyclic) bond motifs is 2. The van der Waals surface area contributed by atoms with Crippen molar-refractivity contribution in [2.24, 2.45) is 0 Å². The van der Waals surface area contributed by atoms with Crippen molar-refractivity contribution in [1.29, 1.82) is 5.26 Å². The summed E-state index contributed by atoms with van der Waals surface area (Å²) in [6.45, 7) is 0.500. The molecule has 1 amide bonds. The predicted octanol–water partition coefficient (Wildman–Crippen LogP) is 5.73. The Morgan fingerprint density at radius 3 is 2.70 bits per heavy atom. The monoisotopic (exact) mass is 474 g/mol. The van der Waals surface area contributed by atoms with Crippen LogP contribution in [0.15, 0.2) is 60.9 Å². The van der Waals surface area contributed by atoms with Gasteiger partial charge < -0.3 is 10.1 Å². The molecule has 0 bridgehead atoms. The van der Waals surface area contributed by atoms with Gasteiger partial charge in [0, 0.05) is 45.4 Å². The summed E-state index contributed by atoms with van der Waals surface area (Å²) in [5, 5.41) is 14.4. The standard InChI is InChI=1S/C25H16Cl2N4O2/c26-15-9-14(10-16(27)11-15)23-24-17(5-7-29-23)19(12-28)20(13-30-24)25(32)31-21-6-8-33-22-4-2-1-3-18(21)22/h1-5,7,9-11,13,21H,6,8H2,(H,31,32)/t21-/m0/s1. The van der Waals surface area contributed by atoms with Crippen molar-refractivity contribution in [2.45, 2.75) is 12.5 Å². The van der Waals surface area contributed by atoms with Crippen LogP contribution in [-0.4, -0.2) is 22.5 Å². The Bertz CT molecular complexity index is 1430. The van der Waals surface area contributed by atoms with Gasteiger partial charge in [-0.25, -0.2) is 0 Å². The first-order valence-electron chi connectivity index (χ1n) is 10.2. The van der Waals surface area contributed by atoms with Crippen molar-refractivity contribution < 1.29 is 9.53 Å². The molecule has 1 aliphatic rings. The molecule has 8 heteroatoms. The average molecular weight is 475 g/mol. The van der Waals surface area contributed by atoms with Crippen LogP contribution in [0.25, 0.3) is 22.2 Å². The topological polar surface area (TPSA) is 87.9 Å². The number of carbonyl (C=O) groups is 1. The van der Waals surface area contributed by atoms with Gasteiger partial charge in [-0.15, -0.1) is 0 Å². The van der Waals surface area contributed by atoms with Gasteiger partial charge in [0.2, 0.25) is 0 Å². The largest absolute Gasteiger partial charge is 0.493 e. The van der Waals surface area contributed by atoms with Crippen LogP contribution < -0.4 is 10.1 Å². The number of rotatable bonds is 3. The van der Waals surface area contributed by atoms with Crippen LogP contribution in [0.3, 0.4) is 0 Å². The number of hydrogen-bond donors (Lipinski definition) is 1. The third-order valence-electron chi connectivity index (χ3n) is 5.54. The lowest BCUT2D eigenvalue weighted by atomic mass is 9.98. The van der Waals surface area contributed by atoms with Gasteiger partial charge >= 0.3 is 0 Å². The maximum absolute atomic E-state index is 13.2. The fraction of sp³-hybridized carbons (Fsp3) is 0.120. The minimum absolute atomic E-state index is 0.204. The first-order chi connectivity index (χ1) is 16.0. The summed E-state index contributed by atoms with van der Waals surface area (Å²) < 4.78 is 5.67. The number of carbonyl (C=O) groups excluding carboxylic acids is 1. The van der Waals surface area contributed by atoms with Crippen LogP contribution >= 0.6 is 23.2 Å². The lowest BCUT2D eigenvalue weighted by Crippen LogP contribution is -2.32. The number of pyridine rings is 2. The summed E-state index contributed by atoms with van der Waals surface area (Å²) in [5.41, 5.74) is 3.03. The number of aromatic nitrogens is 2. The number of nitrogens with one attached hydrogen (secondary N) is 1. The molecule has 162 valence electrons. The molecule has 1 aliphatic heterocycles. The van der Waals surface area contributed by atoms with Crippen LogP contribution in [0.4, 0.5) is 0 Å². The number of hydrogen-bond acceptors (Lipinski definition) is 5. The van der Waals surface area contributed by atoms with Crippen molar-refractivity contribution in [3.63, 3.8) is 0 Å². The van der Waals surface area contributed by atoms with Crippen molar-refractivity contribution in [2.75, 3.05) is 6.61 Å². The van der Waals surface area contributed by atoms with E-state index in [1.54, 1.807) is 30.5 Å². The van der Waals surface area contributed by atoms with E-state index in [4.69, 9.17) is 27.9 Å². The molecule has 2 aromatic carbocycles. The Labute approximate surface area is 199 Å². The van der Waals surface area contributed by atoms with Gasteiger partial charge in [0.15, 0.2) is 0 Å². The zero-order valence-electron chi connectivity index (χ0n) is 17.2. The van der Waals surface area contributed by atoms with Crippen molar-refractivity contribution >= 4 is 40.0 Å². The van der Waals surface area contributed by atoms with E-state index in [0.29, 0.717) is 45.2 Å². The van der Waals surface area contributed by atoms with Gasteiger partial charge in [0.05, 0.1) is 35.0 Å². The molecule has 0 saturated carbocycles. The first-order valence-corrected chi connectivity index (χ1v) is 11.0. The quantitative estimate of drug-likeness (QED) is 0.409. The first kappa shape index (κ1) is 21.2. The Morgan fingerprint density at radius 1 is 1.12 bits per heavy atom. The molecule has 33 heavy (non-hydrogen) atoms. The zero-order valence-corrected chi connectivity index (χ0v) is 18.7. The molecular weight excluding hydrogens is 459 g/mol. The maximum atomic E-state index is 13.2. The van der Waals surface area contributed by atoms with Gasteiger partial charge in [0.25, 0.3) is 5.91 Å². The van der Waals surface area contributed by atoms with Gasteiger partial charge in [-0.3, -0.25) is 14.8 Å². The van der Waals surface area contributed by atoms with Crippen LogP contribution in [0.2, 0.25) is 10.0 Å². The Hall–Kier alpha value is -3.66. The predicted molar refractivity (Wildman–Crippen MR) is 126 cm³/mol. The molecule has 5 rings (SSSR count). The van der Waals surface area contributed by atoms with Crippen LogP contribution in [0, 0.1) is 11.3 Å². The van der Waals surface area contributed by atoms with E-state index in [1.807, 2.05) is 24.3 Å². The molecule has 0 aliphatic carbocycles. The van der Waals surface area contributed by atoms with Gasteiger partial charge in [-0.05, 0) is 30.3 Å². The Balaban J connectivity index is 1.55. The van der Waals surface area contributed by atoms with E-state index in [-0.39, 0.29) is 23.1 Å². The molecule has 3 heterocycles. The number of nitriles is 1. The van der Waals surface area contributed by atoms with Gasteiger partial charge in [-0.1, -0.05) is 41.4 Å². The molecule has 0 unspecified atom stereocenters. The van der Waals surface area contributed by atoms with E-state index >= 15 is 0 Å².